The second-order valence-corrected chi connectivity index (χ2v) is 6.61. The van der Waals surface area contributed by atoms with Gasteiger partial charge in [0.1, 0.15) is 29.7 Å². The van der Waals surface area contributed by atoms with Crippen molar-refractivity contribution in [2.75, 3.05) is 13.2 Å². The van der Waals surface area contributed by atoms with Gasteiger partial charge in [-0.3, -0.25) is 0 Å². The molecule has 1 aromatic rings. The molecule has 0 amide bonds. The average molecular weight is 314 g/mol. The van der Waals surface area contributed by atoms with Gasteiger partial charge in [0.2, 0.25) is 0 Å². The van der Waals surface area contributed by atoms with Gasteiger partial charge in [0.15, 0.2) is 0 Å². The molecule has 6 atom stereocenters. The van der Waals surface area contributed by atoms with Gasteiger partial charge in [-0.2, -0.15) is 0 Å². The fraction of sp³-hybridized carbons (Fsp3) is 0.444. The summed E-state index contributed by atoms with van der Waals surface area (Å²) in [6.45, 7) is 0.997. The van der Waals surface area contributed by atoms with E-state index >= 15 is 0 Å². The Morgan fingerprint density at radius 3 is 2.78 bits per heavy atom. The summed E-state index contributed by atoms with van der Waals surface area (Å²) >= 11 is 0. The van der Waals surface area contributed by atoms with Crippen molar-refractivity contribution in [3.05, 3.63) is 48.1 Å². The molecule has 5 heteroatoms. The summed E-state index contributed by atoms with van der Waals surface area (Å²) in [5.74, 6) is -0.0494. The highest BCUT2D eigenvalue weighted by atomic mass is 16.6. The third kappa shape index (κ3) is 1.94. The molecular formula is C18H18O5. The van der Waals surface area contributed by atoms with Crippen molar-refractivity contribution in [1.29, 1.82) is 0 Å². The smallest absolute Gasteiger partial charge is 0.128 e. The largest absolute Gasteiger partial charge is 0.507 e. The van der Waals surface area contributed by atoms with Gasteiger partial charge in [0.25, 0.3) is 0 Å². The molecule has 0 aromatic heterocycles. The monoisotopic (exact) mass is 314 g/mol. The zero-order valence-electron chi connectivity index (χ0n) is 12.5. The highest BCUT2D eigenvalue weighted by molar-refractivity contribution is 5.80. The lowest BCUT2D eigenvalue weighted by Crippen LogP contribution is -2.48. The SMILES string of the molecule is Oc1ccccc1C1=CC=CC2C3OC3COCC3OC3C12O. The topological polar surface area (TPSA) is 74.8 Å². The van der Waals surface area contributed by atoms with Gasteiger partial charge in [0, 0.05) is 11.5 Å². The van der Waals surface area contributed by atoms with Gasteiger partial charge in [-0.05, 0) is 11.6 Å². The average Bonchev–Trinajstić information content (AvgIpc) is 3.44. The molecule has 3 fully saturated rings. The summed E-state index contributed by atoms with van der Waals surface area (Å²) in [5.41, 5.74) is 0.105. The van der Waals surface area contributed by atoms with Crippen molar-refractivity contribution in [3.63, 3.8) is 0 Å². The first kappa shape index (κ1) is 13.7. The van der Waals surface area contributed by atoms with Gasteiger partial charge < -0.3 is 24.4 Å². The Morgan fingerprint density at radius 1 is 1.09 bits per heavy atom. The number of aliphatic hydroxyl groups is 1. The Bertz CT molecular complexity index is 711. The van der Waals surface area contributed by atoms with E-state index in [2.05, 4.69) is 0 Å². The van der Waals surface area contributed by atoms with Crippen LogP contribution in [0.3, 0.4) is 0 Å². The second kappa shape index (κ2) is 4.68. The lowest BCUT2D eigenvalue weighted by molar-refractivity contribution is 0.0178. The molecule has 3 heterocycles. The van der Waals surface area contributed by atoms with E-state index in [0.29, 0.717) is 24.4 Å². The van der Waals surface area contributed by atoms with E-state index in [1.54, 1.807) is 12.1 Å². The molecule has 6 unspecified atom stereocenters. The zero-order chi connectivity index (χ0) is 15.6. The highest BCUT2D eigenvalue weighted by Gasteiger charge is 2.65. The summed E-state index contributed by atoms with van der Waals surface area (Å²) in [5, 5.41) is 21.9. The Morgan fingerprint density at radius 2 is 1.91 bits per heavy atom. The number of para-hydroxylation sites is 1. The number of phenolic OH excluding ortho intramolecular Hbond substituents is 1. The third-order valence-corrected chi connectivity index (χ3v) is 5.27. The van der Waals surface area contributed by atoms with Gasteiger partial charge in [-0.25, -0.2) is 0 Å². The minimum Gasteiger partial charge on any atom is -0.507 e. The molecule has 3 saturated heterocycles. The number of benzene rings is 1. The molecule has 1 aliphatic carbocycles. The lowest BCUT2D eigenvalue weighted by Gasteiger charge is -2.37. The van der Waals surface area contributed by atoms with Crippen molar-refractivity contribution < 1.29 is 24.4 Å². The van der Waals surface area contributed by atoms with Crippen molar-refractivity contribution in [2.45, 2.75) is 30.0 Å². The number of ether oxygens (including phenoxy) is 3. The van der Waals surface area contributed by atoms with Crippen molar-refractivity contribution in [2.24, 2.45) is 5.92 Å². The first-order valence-electron chi connectivity index (χ1n) is 7.98. The molecule has 5 rings (SSSR count). The molecule has 5 nitrogen and oxygen atoms in total. The molecule has 0 spiro atoms. The van der Waals surface area contributed by atoms with Gasteiger partial charge in [-0.1, -0.05) is 36.4 Å². The Hall–Kier alpha value is -1.66. The number of fused-ring (bicyclic) bond motifs is 5. The Labute approximate surface area is 133 Å². The van der Waals surface area contributed by atoms with Crippen molar-refractivity contribution in [3.8, 4) is 5.75 Å². The van der Waals surface area contributed by atoms with Crippen LogP contribution in [0, 0.1) is 5.92 Å². The van der Waals surface area contributed by atoms with Crippen LogP contribution in [0.1, 0.15) is 5.56 Å². The number of aromatic hydroxyl groups is 1. The number of epoxide rings is 2. The maximum absolute atomic E-state index is 11.7. The molecule has 0 saturated carbocycles. The van der Waals surface area contributed by atoms with Crippen LogP contribution in [0.5, 0.6) is 5.75 Å². The predicted molar refractivity (Wildman–Crippen MR) is 81.8 cm³/mol. The minimum atomic E-state index is -1.22. The maximum Gasteiger partial charge on any atom is 0.128 e. The molecule has 120 valence electrons. The fourth-order valence-electron chi connectivity index (χ4n) is 4.00. The van der Waals surface area contributed by atoms with Crippen LogP contribution in [-0.4, -0.2) is 53.4 Å². The molecule has 1 aromatic carbocycles. The Balaban J connectivity index is 1.63. The normalized spacial score (nSPS) is 43.9. The van der Waals surface area contributed by atoms with Crippen LogP contribution in [0.4, 0.5) is 0 Å². The quantitative estimate of drug-likeness (QED) is 0.763. The second-order valence-electron chi connectivity index (χ2n) is 6.61. The Kier molecular flexibility index (Phi) is 2.79. The highest BCUT2D eigenvalue weighted by Crippen LogP contribution is 2.54. The van der Waals surface area contributed by atoms with E-state index in [9.17, 15) is 10.2 Å². The van der Waals surface area contributed by atoms with E-state index in [0.717, 1.165) is 0 Å². The van der Waals surface area contributed by atoms with E-state index in [1.807, 2.05) is 30.4 Å². The summed E-state index contributed by atoms with van der Waals surface area (Å²) in [4.78, 5) is 0. The first-order chi connectivity index (χ1) is 11.2. The standard InChI is InChI=1S/C18H18O5/c19-13-7-2-1-4-10(13)11-5-3-6-12-16-14(22-16)8-21-9-15-17(23-15)18(11,12)20/h1-7,12,14-17,19-20H,8-9H2. The summed E-state index contributed by atoms with van der Waals surface area (Å²) in [6.07, 6.45) is 5.27. The summed E-state index contributed by atoms with van der Waals surface area (Å²) in [6, 6.07) is 7.08. The summed E-state index contributed by atoms with van der Waals surface area (Å²) < 4.78 is 17.1. The molecular weight excluding hydrogens is 296 g/mol. The first-order valence-corrected chi connectivity index (χ1v) is 7.98. The molecule has 2 N–H and O–H groups in total. The van der Waals surface area contributed by atoms with Crippen LogP contribution in [0.2, 0.25) is 0 Å². The predicted octanol–water partition coefficient (Wildman–Crippen LogP) is 1.26. The van der Waals surface area contributed by atoms with Gasteiger partial charge in [0.05, 0.1) is 19.3 Å². The third-order valence-electron chi connectivity index (χ3n) is 5.27. The molecule has 3 aliphatic heterocycles. The maximum atomic E-state index is 11.7. The fourth-order valence-corrected chi connectivity index (χ4v) is 4.00. The number of hydrogen-bond donors (Lipinski definition) is 2. The van der Waals surface area contributed by atoms with Crippen LogP contribution in [-0.2, 0) is 14.2 Å². The summed E-state index contributed by atoms with van der Waals surface area (Å²) in [7, 11) is 0. The van der Waals surface area contributed by atoms with Crippen molar-refractivity contribution >= 4 is 5.57 Å². The minimum absolute atomic E-state index is 0.0254. The van der Waals surface area contributed by atoms with Crippen LogP contribution in [0.15, 0.2) is 42.5 Å². The molecule has 0 radical (unpaired) electrons. The van der Waals surface area contributed by atoms with Crippen LogP contribution in [0.25, 0.3) is 5.57 Å². The van der Waals surface area contributed by atoms with E-state index in [-0.39, 0.29) is 36.1 Å². The van der Waals surface area contributed by atoms with E-state index < -0.39 is 5.60 Å². The molecule has 4 aliphatic rings. The zero-order valence-corrected chi connectivity index (χ0v) is 12.5. The molecule has 0 bridgehead atoms. The number of hydrogen-bond acceptors (Lipinski definition) is 5. The number of phenols is 1. The number of allylic oxidation sites excluding steroid dienone is 2. The van der Waals surface area contributed by atoms with Crippen molar-refractivity contribution in [1.82, 2.24) is 0 Å². The van der Waals surface area contributed by atoms with E-state index in [1.165, 1.54) is 0 Å². The van der Waals surface area contributed by atoms with E-state index in [4.69, 9.17) is 14.2 Å². The van der Waals surface area contributed by atoms with Crippen LogP contribution >= 0.6 is 0 Å². The van der Waals surface area contributed by atoms with Gasteiger partial charge >= 0.3 is 0 Å². The molecule has 23 heavy (non-hydrogen) atoms. The van der Waals surface area contributed by atoms with Crippen LogP contribution < -0.4 is 0 Å². The number of rotatable bonds is 1. The van der Waals surface area contributed by atoms with Gasteiger partial charge in [-0.15, -0.1) is 0 Å². The lowest BCUT2D eigenvalue weighted by atomic mass is 9.70.